The highest BCUT2D eigenvalue weighted by Crippen LogP contribution is 2.32. The fourth-order valence-electron chi connectivity index (χ4n) is 4.61. The van der Waals surface area contributed by atoms with Gasteiger partial charge in [-0.15, -0.1) is 0 Å². The molecule has 7 heteroatoms. The molecule has 1 aliphatic rings. The van der Waals surface area contributed by atoms with Crippen molar-refractivity contribution in [1.29, 1.82) is 0 Å². The number of hydrogen-bond donors (Lipinski definition) is 1. The molecule has 1 aliphatic heterocycles. The van der Waals surface area contributed by atoms with Crippen molar-refractivity contribution in [3.63, 3.8) is 0 Å². The molecular formula is C32H37NO6. The molecule has 0 saturated heterocycles. The molecule has 1 amide bonds. The van der Waals surface area contributed by atoms with E-state index in [9.17, 15) is 14.7 Å². The molecule has 0 aliphatic carbocycles. The van der Waals surface area contributed by atoms with Crippen LogP contribution in [0.25, 0.3) is 11.1 Å². The molecule has 0 aromatic heterocycles. The Kier molecular flexibility index (Phi) is 9.84. The number of amides is 1. The average molecular weight is 532 g/mol. The van der Waals surface area contributed by atoms with Crippen molar-refractivity contribution in [2.24, 2.45) is 5.92 Å². The third-order valence-electron chi connectivity index (χ3n) is 6.65. The SMILES string of the molecule is CC(C)COC(=O)N1CCc2c(OCCCOc3ccc(-c4ccccc4)cc3)ccc(CCC(=O)O)c2C1. The highest BCUT2D eigenvalue weighted by molar-refractivity contribution is 5.69. The Bertz CT molecular complexity index is 1240. The molecule has 0 bridgehead atoms. The Morgan fingerprint density at radius 1 is 0.897 bits per heavy atom. The molecular weight excluding hydrogens is 494 g/mol. The summed E-state index contributed by atoms with van der Waals surface area (Å²) in [5, 5.41) is 9.19. The summed E-state index contributed by atoms with van der Waals surface area (Å²) in [6.45, 7) is 6.31. The number of aryl methyl sites for hydroxylation is 1. The van der Waals surface area contributed by atoms with E-state index in [0.717, 1.165) is 33.8 Å². The van der Waals surface area contributed by atoms with E-state index in [1.54, 1.807) is 4.90 Å². The average Bonchev–Trinajstić information content (AvgIpc) is 2.95. The molecule has 206 valence electrons. The number of aliphatic carboxylic acids is 1. The lowest BCUT2D eigenvalue weighted by molar-refractivity contribution is -0.136. The highest BCUT2D eigenvalue weighted by Gasteiger charge is 2.26. The van der Waals surface area contributed by atoms with E-state index in [1.165, 1.54) is 5.56 Å². The summed E-state index contributed by atoms with van der Waals surface area (Å²) in [6.07, 6.45) is 1.45. The summed E-state index contributed by atoms with van der Waals surface area (Å²) in [5.74, 6) is 1.02. The lowest BCUT2D eigenvalue weighted by Crippen LogP contribution is -2.37. The maximum Gasteiger partial charge on any atom is 0.410 e. The molecule has 7 nitrogen and oxygen atoms in total. The predicted molar refractivity (Wildman–Crippen MR) is 150 cm³/mol. The summed E-state index contributed by atoms with van der Waals surface area (Å²) in [5.41, 5.74) is 5.27. The summed E-state index contributed by atoms with van der Waals surface area (Å²) in [7, 11) is 0. The standard InChI is InChI=1S/C32H37NO6/c1-23(2)22-39-32(36)33-18-17-28-29(21-33)26(12-16-31(34)35)11-15-30(28)38-20-6-19-37-27-13-9-25(10-14-27)24-7-4-3-5-8-24/h3-5,7-11,13-15,23H,6,12,16-22H2,1-2H3,(H,34,35). The van der Waals surface area contributed by atoms with Gasteiger partial charge in [0.15, 0.2) is 0 Å². The molecule has 0 atom stereocenters. The number of carboxylic acid groups (broad SMARTS) is 1. The van der Waals surface area contributed by atoms with Gasteiger partial charge >= 0.3 is 12.1 Å². The molecule has 3 aromatic rings. The first-order valence-corrected chi connectivity index (χ1v) is 13.6. The van der Waals surface area contributed by atoms with Gasteiger partial charge in [0.25, 0.3) is 0 Å². The van der Waals surface area contributed by atoms with Gasteiger partial charge in [0.1, 0.15) is 11.5 Å². The van der Waals surface area contributed by atoms with Gasteiger partial charge in [-0.05, 0) is 59.2 Å². The van der Waals surface area contributed by atoms with E-state index in [2.05, 4.69) is 24.3 Å². The molecule has 0 fully saturated rings. The van der Waals surface area contributed by atoms with Gasteiger partial charge in [0.05, 0.1) is 19.8 Å². The van der Waals surface area contributed by atoms with Crippen LogP contribution in [0.1, 0.15) is 43.4 Å². The fourth-order valence-corrected chi connectivity index (χ4v) is 4.61. The monoisotopic (exact) mass is 531 g/mol. The fraction of sp³-hybridized carbons (Fsp3) is 0.375. The second-order valence-corrected chi connectivity index (χ2v) is 10.2. The van der Waals surface area contributed by atoms with Gasteiger partial charge < -0.3 is 24.2 Å². The van der Waals surface area contributed by atoms with Crippen LogP contribution in [-0.2, 0) is 28.9 Å². The molecule has 0 saturated carbocycles. The van der Waals surface area contributed by atoms with Crippen LogP contribution in [-0.4, -0.2) is 48.4 Å². The molecule has 1 N–H and O–H groups in total. The molecule has 39 heavy (non-hydrogen) atoms. The maximum absolute atomic E-state index is 12.6. The van der Waals surface area contributed by atoms with Crippen molar-refractivity contribution >= 4 is 12.1 Å². The lowest BCUT2D eigenvalue weighted by Gasteiger charge is -2.31. The van der Waals surface area contributed by atoms with E-state index < -0.39 is 5.97 Å². The minimum Gasteiger partial charge on any atom is -0.493 e. The van der Waals surface area contributed by atoms with Crippen molar-refractivity contribution in [3.8, 4) is 22.6 Å². The first-order chi connectivity index (χ1) is 18.9. The van der Waals surface area contributed by atoms with E-state index in [-0.39, 0.29) is 18.4 Å². The van der Waals surface area contributed by atoms with Crippen molar-refractivity contribution in [2.75, 3.05) is 26.4 Å². The third-order valence-corrected chi connectivity index (χ3v) is 6.65. The number of benzene rings is 3. The summed E-state index contributed by atoms with van der Waals surface area (Å²) >= 11 is 0. The van der Waals surface area contributed by atoms with Crippen molar-refractivity contribution in [2.45, 2.75) is 46.1 Å². The van der Waals surface area contributed by atoms with Gasteiger partial charge in [-0.2, -0.15) is 0 Å². The van der Waals surface area contributed by atoms with Crippen LogP contribution < -0.4 is 9.47 Å². The molecule has 3 aromatic carbocycles. The van der Waals surface area contributed by atoms with Crippen LogP contribution in [0.3, 0.4) is 0 Å². The van der Waals surface area contributed by atoms with Crippen molar-refractivity contribution in [3.05, 3.63) is 83.4 Å². The van der Waals surface area contributed by atoms with Crippen LogP contribution >= 0.6 is 0 Å². The van der Waals surface area contributed by atoms with Gasteiger partial charge in [0.2, 0.25) is 0 Å². The first-order valence-electron chi connectivity index (χ1n) is 13.6. The lowest BCUT2D eigenvalue weighted by atomic mass is 9.92. The number of carbonyl (C=O) groups excluding carboxylic acids is 1. The Morgan fingerprint density at radius 3 is 2.33 bits per heavy atom. The van der Waals surface area contributed by atoms with Crippen LogP contribution in [0.5, 0.6) is 11.5 Å². The molecule has 4 rings (SSSR count). The van der Waals surface area contributed by atoms with Crippen LogP contribution in [0.15, 0.2) is 66.7 Å². The quantitative estimate of drug-likeness (QED) is 0.273. The maximum atomic E-state index is 12.6. The second-order valence-electron chi connectivity index (χ2n) is 10.2. The number of rotatable bonds is 12. The Labute approximate surface area is 230 Å². The Morgan fingerprint density at radius 2 is 1.62 bits per heavy atom. The van der Waals surface area contributed by atoms with Crippen LogP contribution in [0.2, 0.25) is 0 Å². The van der Waals surface area contributed by atoms with E-state index >= 15 is 0 Å². The molecule has 0 radical (unpaired) electrons. The second kappa shape index (κ2) is 13.7. The largest absolute Gasteiger partial charge is 0.493 e. The third kappa shape index (κ3) is 7.99. The highest BCUT2D eigenvalue weighted by atomic mass is 16.6. The van der Waals surface area contributed by atoms with Gasteiger partial charge in [0, 0.05) is 31.5 Å². The Hall–Kier alpha value is -4.00. The predicted octanol–water partition coefficient (Wildman–Crippen LogP) is 6.37. The first kappa shape index (κ1) is 28.0. The topological polar surface area (TPSA) is 85.3 Å². The van der Waals surface area contributed by atoms with Crippen LogP contribution in [0.4, 0.5) is 4.79 Å². The number of hydrogen-bond acceptors (Lipinski definition) is 5. The van der Waals surface area contributed by atoms with Gasteiger partial charge in [-0.1, -0.05) is 62.4 Å². The number of ether oxygens (including phenoxy) is 3. The van der Waals surface area contributed by atoms with Crippen LogP contribution in [0, 0.1) is 5.92 Å². The van der Waals surface area contributed by atoms with Gasteiger partial charge in [-0.3, -0.25) is 4.79 Å². The minimum absolute atomic E-state index is 0.0358. The van der Waals surface area contributed by atoms with Crippen molar-refractivity contribution in [1.82, 2.24) is 4.90 Å². The Balaban J connectivity index is 1.33. The molecule has 0 unspecified atom stereocenters. The van der Waals surface area contributed by atoms with Crippen molar-refractivity contribution < 1.29 is 28.9 Å². The molecule has 1 heterocycles. The summed E-state index contributed by atoms with van der Waals surface area (Å²) in [6, 6.07) is 22.1. The van der Waals surface area contributed by atoms with E-state index in [4.69, 9.17) is 14.2 Å². The number of carbonyl (C=O) groups is 2. The zero-order chi connectivity index (χ0) is 27.6. The summed E-state index contributed by atoms with van der Waals surface area (Å²) < 4.78 is 17.5. The smallest absolute Gasteiger partial charge is 0.410 e. The zero-order valence-electron chi connectivity index (χ0n) is 22.7. The number of fused-ring (bicyclic) bond motifs is 1. The number of carboxylic acids is 1. The molecule has 0 spiro atoms. The van der Waals surface area contributed by atoms with E-state index in [0.29, 0.717) is 52.2 Å². The van der Waals surface area contributed by atoms with Gasteiger partial charge in [-0.25, -0.2) is 4.79 Å². The number of nitrogens with zero attached hydrogens (tertiary/aromatic N) is 1. The minimum atomic E-state index is -0.845. The normalized spacial score (nSPS) is 12.6. The zero-order valence-corrected chi connectivity index (χ0v) is 22.7. The summed E-state index contributed by atoms with van der Waals surface area (Å²) in [4.78, 5) is 25.5. The van der Waals surface area contributed by atoms with E-state index in [1.807, 2.05) is 56.3 Å².